The summed E-state index contributed by atoms with van der Waals surface area (Å²) >= 11 is 0. The van der Waals surface area contributed by atoms with Crippen molar-refractivity contribution in [3.05, 3.63) is 305 Å². The Balaban J connectivity index is 0.000000110. The van der Waals surface area contributed by atoms with Crippen LogP contribution in [-0.4, -0.2) is 127 Å². The fourth-order valence-corrected chi connectivity index (χ4v) is 15.1. The van der Waals surface area contributed by atoms with Gasteiger partial charge in [0.25, 0.3) is 0 Å². The van der Waals surface area contributed by atoms with E-state index in [0.717, 1.165) is 186 Å². The van der Waals surface area contributed by atoms with E-state index in [1.807, 2.05) is 206 Å². The lowest BCUT2D eigenvalue weighted by Crippen LogP contribution is -2.13. The number of fused-ring (bicyclic) bond motifs is 10. The third-order valence-corrected chi connectivity index (χ3v) is 21.3. The number of anilines is 5. The molecule has 0 saturated carbocycles. The molecule has 0 atom stereocenters. The molecular formula is C96H92N26O5. The summed E-state index contributed by atoms with van der Waals surface area (Å²) in [4.78, 5) is 48.8. The summed E-state index contributed by atoms with van der Waals surface area (Å²) in [5.74, 6) is 6.63. The van der Waals surface area contributed by atoms with Gasteiger partial charge in [-0.15, -0.1) is 25.5 Å². The molecule has 0 radical (unpaired) electrons. The fourth-order valence-electron chi connectivity index (χ4n) is 15.1. The fraction of sp³-hybridized carbons (Fsp3) is 0.208. The van der Waals surface area contributed by atoms with Gasteiger partial charge >= 0.3 is 0 Å². The van der Waals surface area contributed by atoms with Crippen molar-refractivity contribution in [2.45, 2.75) is 86.1 Å². The number of ether oxygens (including phenoxy) is 5. The van der Waals surface area contributed by atoms with E-state index in [9.17, 15) is 0 Å². The van der Waals surface area contributed by atoms with Crippen LogP contribution in [-0.2, 0) is 81.2 Å². The standard InChI is InChI=1S/C22H19N5O.C21H18N6O.2C18H19N5O.C17H17N5O/c1-27-19-12-17(25-21-20-16(13-24-21)8-5-11-23-20)9-10-18(19)22(26-27)28-14-15-6-3-2-4-7-15;1-27-18-11-16(25-20-19-15(12-24-20)3-2-8-23-19)4-5-17(18)21(26-27)28-13-14-6-9-22-10-7-14;1-11(2)24-18-14-7-6-13(9-15(14)23(3)22-18)21-17-16-12(10-20-17)5-4-8-19-16;1-3-9-24-18-14-7-6-13(10-15(14)23(2)22-18)21-17-16-12(11-20-17)5-4-8-19-16;1-3-23-17-13-7-6-12(9-14(13)22(2)21-17)20-16-15-11(10-19-16)5-4-8-18-15/h2-12H,13-14H2,1H3,(H,24,25);2-11H,12-13H2,1H3,(H,24,25);4-9,11H,10H2,1-3H3,(H,20,21);4-8,10H,3,9,11H2,1-2H3,(H,20,21);4-9H,3,10H2,1-2H3,(H,19,20)/i;;11D;;3D2. The zero-order chi connectivity index (χ0) is 89.6. The number of aryl methyl sites for hydroxylation is 5. The second kappa shape index (κ2) is 36.9. The van der Waals surface area contributed by atoms with Crippen LogP contribution in [0.1, 0.15) is 106 Å². The summed E-state index contributed by atoms with van der Waals surface area (Å²) < 4.78 is 60.5. The minimum absolute atomic E-state index is 0.279. The lowest BCUT2D eigenvalue weighted by Gasteiger charge is -2.08. The number of rotatable bonds is 18. The zero-order valence-corrected chi connectivity index (χ0v) is 71.3. The summed E-state index contributed by atoms with van der Waals surface area (Å²) in [6.45, 7) is 9.92. The highest BCUT2D eigenvalue weighted by Gasteiger charge is 2.25. The van der Waals surface area contributed by atoms with E-state index in [0.29, 0.717) is 76.1 Å². The Morgan fingerprint density at radius 3 is 0.913 bits per heavy atom. The number of nitrogens with one attached hydrogen (secondary N) is 5. The first-order valence-electron chi connectivity index (χ1n) is 42.9. The molecular weight excluding hydrogens is 1600 g/mol. The maximum Gasteiger partial charge on any atom is 0.241 e. The normalized spacial score (nSPS) is 13.5. The second-order valence-electron chi connectivity index (χ2n) is 30.4. The van der Waals surface area contributed by atoms with Gasteiger partial charge < -0.3 is 50.3 Å². The Labute approximate surface area is 735 Å². The van der Waals surface area contributed by atoms with E-state index in [1.165, 1.54) is 6.92 Å². The van der Waals surface area contributed by atoms with E-state index < -0.39 is 12.6 Å². The average Bonchev–Trinajstić information content (AvgIpc) is 1.64. The molecule has 0 unspecified atom stereocenters. The van der Waals surface area contributed by atoms with Gasteiger partial charge in [0, 0.05) is 135 Å². The van der Waals surface area contributed by atoms with Crippen LogP contribution in [0.2, 0.25) is 0 Å². The molecule has 16 heterocycles. The maximum atomic E-state index is 7.91. The van der Waals surface area contributed by atoms with Crippen molar-refractivity contribution in [3.8, 4) is 29.4 Å². The highest BCUT2D eigenvalue weighted by Crippen LogP contribution is 2.35. The summed E-state index contributed by atoms with van der Waals surface area (Å²) in [6, 6.07) is 63.7. The summed E-state index contributed by atoms with van der Waals surface area (Å²) in [5, 5.41) is 43.6. The molecule has 17 aromatic rings. The molecule has 0 amide bonds. The average molecular weight is 1690 g/mol. The number of hydrogen-bond donors (Lipinski definition) is 5. The molecule has 0 saturated heterocycles. The first kappa shape index (κ1) is 78.2. The van der Waals surface area contributed by atoms with Gasteiger partial charge in [-0.25, -0.2) is 0 Å². The predicted octanol–water partition coefficient (Wildman–Crippen LogP) is 16.2. The molecule has 6 aromatic carbocycles. The van der Waals surface area contributed by atoms with Crippen molar-refractivity contribution in [3.63, 3.8) is 0 Å². The van der Waals surface area contributed by atoms with Gasteiger partial charge in [-0.05, 0) is 172 Å². The molecule has 31 nitrogen and oxygen atoms in total. The first-order chi connectivity index (χ1) is 63.1. The topological polar surface area (TPSA) is 335 Å². The van der Waals surface area contributed by atoms with Crippen LogP contribution in [0.25, 0.3) is 54.5 Å². The number of aromatic nitrogens is 16. The van der Waals surface area contributed by atoms with Crippen LogP contribution in [0, 0.1) is 0 Å². The van der Waals surface area contributed by atoms with Gasteiger partial charge in [0.15, 0.2) is 29.2 Å². The lowest BCUT2D eigenvalue weighted by atomic mass is 10.2. The minimum atomic E-state index is -1.79. The van der Waals surface area contributed by atoms with Crippen molar-refractivity contribution in [2.75, 3.05) is 39.7 Å². The first-order valence-corrected chi connectivity index (χ1v) is 41.4. The SMILES string of the molecule is CCCOc1nn(C)c2cc(NC3=NCc4cccnc43)ccc12.Cn1nc(OCc2ccccc2)c2ccc(NC3=NCc4cccnc43)cc21.Cn1nc(OCc2ccncc2)c2ccc(NC3=NCc4cccnc43)cc21.[2H]C(C)(C)Oc1nn(C)c2cc(NC3=NCc4cccnc43)ccc12.[2H]C([2H])(C)Oc1nn(C)c2cc(NC3=NCc4cccnc43)ccc12. The highest BCUT2D eigenvalue weighted by molar-refractivity contribution is 6.13. The predicted molar refractivity (Wildman–Crippen MR) is 496 cm³/mol. The van der Waals surface area contributed by atoms with E-state index in [2.05, 4.69) is 144 Å². The number of amidine groups is 5. The molecule has 31 heteroatoms. The van der Waals surface area contributed by atoms with Crippen molar-refractivity contribution in [1.29, 1.82) is 0 Å². The molecule has 0 bridgehead atoms. The molecule has 11 aromatic heterocycles. The quantitative estimate of drug-likeness (QED) is 0.0533. The number of nitrogens with zero attached hydrogens (tertiary/aromatic N) is 21. The van der Waals surface area contributed by atoms with Crippen molar-refractivity contribution >= 4 is 112 Å². The second-order valence-corrected chi connectivity index (χ2v) is 30.4. The van der Waals surface area contributed by atoms with E-state index >= 15 is 0 Å². The Bertz CT molecular complexity index is 6900. The molecule has 5 N–H and O–H groups in total. The third kappa shape index (κ3) is 18.1. The van der Waals surface area contributed by atoms with Gasteiger partial charge in [0.2, 0.25) is 29.4 Å². The molecule has 636 valence electrons. The molecule has 22 rings (SSSR count). The van der Waals surface area contributed by atoms with Crippen LogP contribution >= 0.6 is 0 Å². The molecule has 127 heavy (non-hydrogen) atoms. The third-order valence-electron chi connectivity index (χ3n) is 21.3. The highest BCUT2D eigenvalue weighted by atomic mass is 16.5. The van der Waals surface area contributed by atoms with Crippen LogP contribution in [0.15, 0.2) is 262 Å². The zero-order valence-electron chi connectivity index (χ0n) is 74.3. The van der Waals surface area contributed by atoms with Gasteiger partial charge in [-0.1, -0.05) is 67.6 Å². The van der Waals surface area contributed by atoms with Gasteiger partial charge in [-0.3, -0.25) is 78.3 Å². The molecule has 5 aliphatic heterocycles. The number of hydrogen-bond acceptors (Lipinski definition) is 26. The monoisotopic (exact) mass is 1690 g/mol. The number of benzene rings is 6. The van der Waals surface area contributed by atoms with Gasteiger partial charge in [0.05, 0.1) is 111 Å². The molecule has 0 aliphatic carbocycles. The van der Waals surface area contributed by atoms with E-state index in [1.54, 1.807) is 73.6 Å². The summed E-state index contributed by atoms with van der Waals surface area (Å²) in [7, 11) is 9.42. The van der Waals surface area contributed by atoms with Crippen LogP contribution in [0.5, 0.6) is 29.4 Å². The van der Waals surface area contributed by atoms with E-state index in [-0.39, 0.29) is 5.88 Å². The van der Waals surface area contributed by atoms with Crippen molar-refractivity contribution < 1.29 is 27.8 Å². The van der Waals surface area contributed by atoms with Crippen molar-refractivity contribution in [1.82, 2.24) is 78.8 Å². The summed E-state index contributed by atoms with van der Waals surface area (Å²) in [5.41, 5.74) is 21.7. The van der Waals surface area contributed by atoms with Crippen LogP contribution < -0.4 is 50.3 Å². The maximum absolute atomic E-state index is 7.91. The minimum Gasteiger partial charge on any atom is -0.476 e. The molecule has 0 spiro atoms. The number of aliphatic imine (C=N–C) groups is 5. The van der Waals surface area contributed by atoms with Gasteiger partial charge in [0.1, 0.15) is 41.7 Å². The number of pyridine rings is 6. The largest absolute Gasteiger partial charge is 0.476 e. The lowest BCUT2D eigenvalue weighted by molar-refractivity contribution is 0.233. The summed E-state index contributed by atoms with van der Waals surface area (Å²) in [6.07, 6.45) is 12.4. The Morgan fingerprint density at radius 2 is 0.614 bits per heavy atom. The Kier molecular flexibility index (Phi) is 22.7. The van der Waals surface area contributed by atoms with Crippen LogP contribution in [0.3, 0.4) is 0 Å². The van der Waals surface area contributed by atoms with Crippen molar-refractivity contribution in [2.24, 2.45) is 60.2 Å². The Morgan fingerprint density at radius 1 is 0.331 bits per heavy atom. The van der Waals surface area contributed by atoms with Crippen LogP contribution in [0.4, 0.5) is 28.4 Å². The molecule has 0 fully saturated rings. The Hall–Kier alpha value is -16.1. The smallest absolute Gasteiger partial charge is 0.241 e. The van der Waals surface area contributed by atoms with Gasteiger partial charge in [-0.2, -0.15) is 0 Å². The van der Waals surface area contributed by atoms with E-state index in [4.69, 9.17) is 27.8 Å². The molecule has 5 aliphatic rings.